The minimum absolute atomic E-state index is 0.0826. The number of carbonyl (C=O) groups excluding carboxylic acids is 1. The molecule has 0 radical (unpaired) electrons. The molecule has 0 bridgehead atoms. The highest BCUT2D eigenvalue weighted by Gasteiger charge is 2.19. The molecule has 0 unspecified atom stereocenters. The van der Waals surface area contributed by atoms with Crippen molar-refractivity contribution in [3.8, 4) is 0 Å². The van der Waals surface area contributed by atoms with Crippen molar-refractivity contribution in [1.82, 2.24) is 14.3 Å². The van der Waals surface area contributed by atoms with E-state index < -0.39 is 5.97 Å². The lowest BCUT2D eigenvalue weighted by Crippen LogP contribution is -2.41. The minimum Gasteiger partial charge on any atom is -0.481 e. The highest BCUT2D eigenvalue weighted by molar-refractivity contribution is 7.09. The molecule has 1 rings (SSSR count). The van der Waals surface area contributed by atoms with Crippen molar-refractivity contribution in [2.75, 3.05) is 11.9 Å². The Bertz CT molecular complexity index is 433. The third-order valence-corrected chi connectivity index (χ3v) is 2.91. The number of carboxylic acids is 1. The van der Waals surface area contributed by atoms with Gasteiger partial charge in [0.2, 0.25) is 5.13 Å². The van der Waals surface area contributed by atoms with Crippen molar-refractivity contribution < 1.29 is 14.7 Å². The monoisotopic (exact) mass is 272 g/mol. The molecule has 1 heterocycles. The van der Waals surface area contributed by atoms with Gasteiger partial charge in [0.05, 0.1) is 6.42 Å². The maximum Gasteiger partial charge on any atom is 0.323 e. The number of nitrogens with zero attached hydrogens (tertiary/aromatic N) is 3. The minimum atomic E-state index is -0.930. The number of hydrogen-bond donors (Lipinski definition) is 2. The van der Waals surface area contributed by atoms with Crippen LogP contribution in [0.5, 0.6) is 0 Å². The third kappa shape index (κ3) is 4.28. The molecule has 0 spiro atoms. The van der Waals surface area contributed by atoms with Gasteiger partial charge in [-0.3, -0.25) is 10.1 Å². The van der Waals surface area contributed by atoms with E-state index in [4.69, 9.17) is 5.11 Å². The number of anilines is 1. The summed E-state index contributed by atoms with van der Waals surface area (Å²) >= 11 is 1.10. The van der Waals surface area contributed by atoms with Crippen LogP contribution in [0.1, 0.15) is 26.1 Å². The van der Waals surface area contributed by atoms with Crippen molar-refractivity contribution in [2.45, 2.75) is 33.2 Å². The zero-order chi connectivity index (χ0) is 13.7. The Kier molecular flexibility index (Phi) is 5.02. The summed E-state index contributed by atoms with van der Waals surface area (Å²) in [6.45, 7) is 5.55. The summed E-state index contributed by atoms with van der Waals surface area (Å²) in [5.41, 5.74) is 0. The van der Waals surface area contributed by atoms with Crippen LogP contribution in [0.2, 0.25) is 0 Å². The molecule has 0 saturated carbocycles. The molecule has 18 heavy (non-hydrogen) atoms. The standard InChI is InChI=1S/C10H16N4O3S/c1-6(2)14(5-4-8(15)16)10(17)12-9-11-7(3)13-18-9/h6H,4-5H2,1-3H3,(H,15,16)(H,11,12,13,17). The number of urea groups is 1. The summed E-state index contributed by atoms with van der Waals surface area (Å²) in [6.07, 6.45) is -0.0826. The fraction of sp³-hybridized carbons (Fsp3) is 0.600. The SMILES string of the molecule is Cc1nsc(NC(=O)N(CCC(=O)O)C(C)C)n1. The van der Waals surface area contributed by atoms with Crippen molar-refractivity contribution in [1.29, 1.82) is 0 Å². The van der Waals surface area contributed by atoms with Crippen molar-refractivity contribution >= 4 is 28.7 Å². The third-order valence-electron chi connectivity index (χ3n) is 2.19. The van der Waals surface area contributed by atoms with Crippen molar-refractivity contribution in [2.24, 2.45) is 0 Å². The summed E-state index contributed by atoms with van der Waals surface area (Å²) in [5, 5.41) is 11.7. The van der Waals surface area contributed by atoms with Gasteiger partial charge in [0.1, 0.15) is 5.82 Å². The Morgan fingerprint density at radius 1 is 1.50 bits per heavy atom. The van der Waals surface area contributed by atoms with Crippen LogP contribution in [0, 0.1) is 6.92 Å². The lowest BCUT2D eigenvalue weighted by Gasteiger charge is -2.25. The summed E-state index contributed by atoms with van der Waals surface area (Å²) in [4.78, 5) is 27.9. The quantitative estimate of drug-likeness (QED) is 0.848. The molecule has 2 amide bonds. The van der Waals surface area contributed by atoms with Gasteiger partial charge < -0.3 is 10.0 Å². The number of aromatic nitrogens is 2. The van der Waals surface area contributed by atoms with Gasteiger partial charge in [-0.05, 0) is 20.8 Å². The summed E-state index contributed by atoms with van der Waals surface area (Å²) in [6, 6.07) is -0.444. The topological polar surface area (TPSA) is 95.4 Å². The molecule has 0 aliphatic rings. The van der Waals surface area contributed by atoms with Gasteiger partial charge in [-0.2, -0.15) is 4.37 Å². The average Bonchev–Trinajstić information content (AvgIpc) is 2.63. The van der Waals surface area contributed by atoms with E-state index in [0.29, 0.717) is 11.0 Å². The first kappa shape index (κ1) is 14.4. The van der Waals surface area contributed by atoms with Crippen molar-refractivity contribution in [3.63, 3.8) is 0 Å². The van der Waals surface area contributed by atoms with Gasteiger partial charge in [0.15, 0.2) is 0 Å². The number of carboxylic acid groups (broad SMARTS) is 1. The largest absolute Gasteiger partial charge is 0.481 e. The number of carbonyl (C=O) groups is 2. The summed E-state index contributed by atoms with van der Waals surface area (Å²) < 4.78 is 3.95. The molecule has 0 aliphatic heterocycles. The van der Waals surface area contributed by atoms with Crippen LogP contribution in [-0.4, -0.2) is 44.0 Å². The van der Waals surface area contributed by atoms with Crippen LogP contribution in [0.4, 0.5) is 9.93 Å². The van der Waals surface area contributed by atoms with Gasteiger partial charge in [0.25, 0.3) is 0 Å². The second-order valence-corrected chi connectivity index (χ2v) is 4.76. The van der Waals surface area contributed by atoms with Crippen LogP contribution >= 0.6 is 11.5 Å². The first-order chi connectivity index (χ1) is 8.40. The lowest BCUT2D eigenvalue weighted by atomic mass is 10.3. The van der Waals surface area contributed by atoms with E-state index in [1.54, 1.807) is 6.92 Å². The van der Waals surface area contributed by atoms with E-state index in [9.17, 15) is 9.59 Å². The molecule has 0 atom stereocenters. The van der Waals surface area contributed by atoms with Crippen LogP contribution in [0.25, 0.3) is 0 Å². The Hall–Kier alpha value is -1.70. The summed E-state index contributed by atoms with van der Waals surface area (Å²) in [5.74, 6) is -0.336. The molecular weight excluding hydrogens is 256 g/mol. The first-order valence-electron chi connectivity index (χ1n) is 5.50. The predicted octanol–water partition coefficient (Wildman–Crippen LogP) is 1.56. The van der Waals surface area contributed by atoms with Gasteiger partial charge in [-0.15, -0.1) is 0 Å². The molecule has 2 N–H and O–H groups in total. The smallest absolute Gasteiger partial charge is 0.323 e. The number of aryl methyl sites for hydroxylation is 1. The van der Waals surface area contributed by atoms with E-state index >= 15 is 0 Å². The molecular formula is C10H16N4O3S. The molecule has 7 nitrogen and oxygen atoms in total. The summed E-state index contributed by atoms with van der Waals surface area (Å²) in [7, 11) is 0. The molecule has 1 aromatic rings. The van der Waals surface area contributed by atoms with E-state index in [0.717, 1.165) is 11.5 Å². The molecule has 1 aromatic heterocycles. The van der Waals surface area contributed by atoms with Crippen LogP contribution in [0.15, 0.2) is 0 Å². The number of aliphatic carboxylic acids is 1. The zero-order valence-corrected chi connectivity index (χ0v) is 11.3. The van der Waals surface area contributed by atoms with Crippen LogP contribution < -0.4 is 5.32 Å². The van der Waals surface area contributed by atoms with E-state index in [-0.39, 0.29) is 25.0 Å². The molecule has 0 saturated heterocycles. The Morgan fingerprint density at radius 2 is 2.17 bits per heavy atom. The lowest BCUT2D eigenvalue weighted by molar-refractivity contribution is -0.137. The molecule has 0 fully saturated rings. The number of amides is 2. The van der Waals surface area contributed by atoms with E-state index in [1.165, 1.54) is 4.90 Å². The van der Waals surface area contributed by atoms with Crippen LogP contribution in [-0.2, 0) is 4.79 Å². The Morgan fingerprint density at radius 3 is 2.61 bits per heavy atom. The highest BCUT2D eigenvalue weighted by atomic mass is 32.1. The predicted molar refractivity (Wildman–Crippen MR) is 67.8 cm³/mol. The second-order valence-electron chi connectivity index (χ2n) is 4.01. The van der Waals surface area contributed by atoms with Gasteiger partial charge >= 0.3 is 12.0 Å². The fourth-order valence-electron chi connectivity index (χ4n) is 1.32. The average molecular weight is 272 g/mol. The van der Waals surface area contributed by atoms with Crippen molar-refractivity contribution in [3.05, 3.63) is 5.82 Å². The normalized spacial score (nSPS) is 10.4. The number of hydrogen-bond acceptors (Lipinski definition) is 5. The number of rotatable bonds is 5. The van der Waals surface area contributed by atoms with E-state index in [2.05, 4.69) is 14.7 Å². The maximum atomic E-state index is 11.9. The van der Waals surface area contributed by atoms with Gasteiger partial charge in [-0.25, -0.2) is 9.78 Å². The first-order valence-corrected chi connectivity index (χ1v) is 6.27. The molecule has 100 valence electrons. The maximum absolute atomic E-state index is 11.9. The van der Waals surface area contributed by atoms with E-state index in [1.807, 2.05) is 13.8 Å². The van der Waals surface area contributed by atoms with Gasteiger partial charge in [0, 0.05) is 24.1 Å². The fourth-order valence-corrected chi connectivity index (χ4v) is 1.89. The Balaban J connectivity index is 2.62. The van der Waals surface area contributed by atoms with Crippen LogP contribution in [0.3, 0.4) is 0 Å². The van der Waals surface area contributed by atoms with Gasteiger partial charge in [-0.1, -0.05) is 0 Å². The number of nitrogens with one attached hydrogen (secondary N) is 1. The molecule has 0 aromatic carbocycles. The second kappa shape index (κ2) is 6.29. The molecule has 0 aliphatic carbocycles. The Labute approximate surface area is 109 Å². The highest BCUT2D eigenvalue weighted by Crippen LogP contribution is 2.12. The molecule has 8 heteroatoms. The zero-order valence-electron chi connectivity index (χ0n) is 10.5.